The largest absolute Gasteiger partial charge is 0.416 e. The predicted molar refractivity (Wildman–Crippen MR) is 66.1 cm³/mol. The van der Waals surface area contributed by atoms with Crippen LogP contribution in [0.1, 0.15) is 11.4 Å². The zero-order chi connectivity index (χ0) is 14.2. The molecule has 104 valence electrons. The first-order valence-corrected chi connectivity index (χ1v) is 6.28. The monoisotopic (exact) mass is 300 g/mol. The van der Waals surface area contributed by atoms with E-state index in [0.717, 1.165) is 12.1 Å². The molecule has 0 aliphatic carbocycles. The van der Waals surface area contributed by atoms with E-state index in [0.29, 0.717) is 27.7 Å². The minimum absolute atomic E-state index is 0.294. The highest BCUT2D eigenvalue weighted by Gasteiger charge is 2.30. The molecule has 2 aromatic heterocycles. The Hall–Kier alpha value is -2.23. The SMILES string of the molecule is FC(F)(F)c1ccc2sc(NCc3nn[nH]n3)nc2c1. The molecule has 0 saturated carbocycles. The number of hydrogen-bond donors (Lipinski definition) is 2. The van der Waals surface area contributed by atoms with Gasteiger partial charge in [-0.1, -0.05) is 16.6 Å². The van der Waals surface area contributed by atoms with Crippen LogP contribution in [0.2, 0.25) is 0 Å². The van der Waals surface area contributed by atoms with Crippen LogP contribution in [-0.4, -0.2) is 25.6 Å². The lowest BCUT2D eigenvalue weighted by Crippen LogP contribution is -2.04. The topological polar surface area (TPSA) is 79.4 Å². The molecule has 0 amide bonds. The van der Waals surface area contributed by atoms with Crippen molar-refractivity contribution in [2.24, 2.45) is 0 Å². The van der Waals surface area contributed by atoms with Crippen molar-refractivity contribution >= 4 is 26.7 Å². The van der Waals surface area contributed by atoms with Crippen LogP contribution in [0, 0.1) is 0 Å². The van der Waals surface area contributed by atoms with E-state index < -0.39 is 11.7 Å². The third kappa shape index (κ3) is 2.54. The molecule has 0 fully saturated rings. The highest BCUT2D eigenvalue weighted by atomic mass is 32.1. The molecule has 0 aliphatic heterocycles. The summed E-state index contributed by atoms with van der Waals surface area (Å²) in [6.45, 7) is 0.294. The van der Waals surface area contributed by atoms with Crippen molar-refractivity contribution in [2.75, 3.05) is 5.32 Å². The highest BCUT2D eigenvalue weighted by Crippen LogP contribution is 2.33. The average Bonchev–Trinajstić information content (AvgIpc) is 3.03. The first-order valence-electron chi connectivity index (χ1n) is 5.46. The van der Waals surface area contributed by atoms with Crippen molar-refractivity contribution in [3.63, 3.8) is 0 Å². The quantitative estimate of drug-likeness (QED) is 0.776. The number of thiazole rings is 1. The zero-order valence-electron chi connectivity index (χ0n) is 9.77. The number of hydrogen-bond acceptors (Lipinski definition) is 6. The molecule has 0 radical (unpaired) electrons. The molecule has 0 atom stereocenters. The van der Waals surface area contributed by atoms with Gasteiger partial charge in [0, 0.05) is 0 Å². The van der Waals surface area contributed by atoms with Crippen molar-refractivity contribution in [2.45, 2.75) is 12.7 Å². The molecule has 0 aliphatic rings. The summed E-state index contributed by atoms with van der Waals surface area (Å²) in [7, 11) is 0. The van der Waals surface area contributed by atoms with Crippen LogP contribution in [0.3, 0.4) is 0 Å². The van der Waals surface area contributed by atoms with Gasteiger partial charge in [0.05, 0.1) is 22.3 Å². The number of aromatic amines is 1. The van der Waals surface area contributed by atoms with Crippen LogP contribution in [0.15, 0.2) is 18.2 Å². The summed E-state index contributed by atoms with van der Waals surface area (Å²) in [6.07, 6.45) is -4.37. The fourth-order valence-electron chi connectivity index (χ4n) is 1.59. The molecule has 2 heterocycles. The normalized spacial score (nSPS) is 11.9. The number of nitrogens with zero attached hydrogens (tertiary/aromatic N) is 4. The van der Waals surface area contributed by atoms with Crippen molar-refractivity contribution in [1.82, 2.24) is 25.6 Å². The average molecular weight is 300 g/mol. The Balaban J connectivity index is 1.83. The number of tetrazole rings is 1. The van der Waals surface area contributed by atoms with Gasteiger partial charge in [-0.2, -0.15) is 18.4 Å². The second-order valence-electron chi connectivity index (χ2n) is 3.88. The number of rotatable bonds is 3. The maximum absolute atomic E-state index is 12.6. The molecule has 0 spiro atoms. The van der Waals surface area contributed by atoms with E-state index in [1.54, 1.807) is 0 Å². The molecule has 10 heteroatoms. The summed E-state index contributed by atoms with van der Waals surface area (Å²) < 4.78 is 38.4. The van der Waals surface area contributed by atoms with E-state index in [9.17, 15) is 13.2 Å². The number of alkyl halides is 3. The lowest BCUT2D eigenvalue weighted by atomic mass is 10.2. The number of benzene rings is 1. The Morgan fingerprint density at radius 1 is 1.30 bits per heavy atom. The minimum Gasteiger partial charge on any atom is -0.354 e. The maximum atomic E-state index is 12.6. The summed E-state index contributed by atoms with van der Waals surface area (Å²) in [5.74, 6) is 0.445. The fourth-order valence-corrected chi connectivity index (χ4v) is 2.43. The summed E-state index contributed by atoms with van der Waals surface area (Å²) in [6, 6.07) is 3.49. The second-order valence-corrected chi connectivity index (χ2v) is 4.91. The van der Waals surface area contributed by atoms with Crippen LogP contribution in [0.5, 0.6) is 0 Å². The van der Waals surface area contributed by atoms with E-state index in [2.05, 4.69) is 30.9 Å². The number of nitrogens with one attached hydrogen (secondary N) is 2. The standard InChI is InChI=1S/C10H7F3N6S/c11-10(12,13)5-1-2-7-6(3-5)15-9(20-7)14-4-8-16-18-19-17-8/h1-3H,4H2,(H,14,15)(H,16,17,18,19). The van der Waals surface area contributed by atoms with Gasteiger partial charge < -0.3 is 5.32 Å². The van der Waals surface area contributed by atoms with Crippen LogP contribution in [0.4, 0.5) is 18.3 Å². The Kier molecular flexibility index (Phi) is 3.01. The van der Waals surface area contributed by atoms with E-state index >= 15 is 0 Å². The predicted octanol–water partition coefficient (Wildman–Crippen LogP) is 2.44. The van der Waals surface area contributed by atoms with Gasteiger partial charge in [0.2, 0.25) is 0 Å². The molecule has 3 aromatic rings. The van der Waals surface area contributed by atoms with Crippen molar-refractivity contribution < 1.29 is 13.2 Å². The Labute approximate surface area is 114 Å². The van der Waals surface area contributed by atoms with Gasteiger partial charge in [-0.15, -0.1) is 10.2 Å². The van der Waals surface area contributed by atoms with E-state index in [4.69, 9.17) is 0 Å². The smallest absolute Gasteiger partial charge is 0.354 e. The molecule has 1 aromatic carbocycles. The molecule has 0 bridgehead atoms. The minimum atomic E-state index is -4.37. The van der Waals surface area contributed by atoms with Crippen LogP contribution >= 0.6 is 11.3 Å². The van der Waals surface area contributed by atoms with E-state index in [1.165, 1.54) is 17.4 Å². The molecule has 2 N–H and O–H groups in total. The van der Waals surface area contributed by atoms with Crippen molar-refractivity contribution in [1.29, 1.82) is 0 Å². The second kappa shape index (κ2) is 4.71. The Morgan fingerprint density at radius 3 is 2.85 bits per heavy atom. The van der Waals surface area contributed by atoms with Crippen LogP contribution < -0.4 is 5.32 Å². The Bertz CT molecular complexity index is 720. The molecule has 20 heavy (non-hydrogen) atoms. The maximum Gasteiger partial charge on any atom is 0.416 e. The first kappa shape index (κ1) is 12.8. The number of halogens is 3. The number of fused-ring (bicyclic) bond motifs is 1. The third-order valence-corrected chi connectivity index (χ3v) is 3.50. The van der Waals surface area contributed by atoms with Gasteiger partial charge in [-0.25, -0.2) is 4.98 Å². The number of anilines is 1. The fraction of sp³-hybridized carbons (Fsp3) is 0.200. The Morgan fingerprint density at radius 2 is 2.15 bits per heavy atom. The number of H-pyrrole nitrogens is 1. The number of aromatic nitrogens is 5. The molecule has 6 nitrogen and oxygen atoms in total. The van der Waals surface area contributed by atoms with E-state index in [1.807, 2.05) is 0 Å². The van der Waals surface area contributed by atoms with Gasteiger partial charge in [0.1, 0.15) is 0 Å². The molecule has 3 rings (SSSR count). The van der Waals surface area contributed by atoms with Gasteiger partial charge in [0.25, 0.3) is 0 Å². The van der Waals surface area contributed by atoms with Crippen LogP contribution in [0.25, 0.3) is 10.2 Å². The lowest BCUT2D eigenvalue weighted by Gasteiger charge is -2.04. The highest BCUT2D eigenvalue weighted by molar-refractivity contribution is 7.22. The third-order valence-electron chi connectivity index (χ3n) is 2.50. The van der Waals surface area contributed by atoms with Gasteiger partial charge in [-0.3, -0.25) is 0 Å². The molecular weight excluding hydrogens is 293 g/mol. The summed E-state index contributed by atoms with van der Waals surface area (Å²) in [5.41, 5.74) is -0.402. The first-order chi connectivity index (χ1) is 9.52. The molecule has 0 saturated heterocycles. The summed E-state index contributed by atoms with van der Waals surface area (Å²) in [4.78, 5) is 4.11. The summed E-state index contributed by atoms with van der Waals surface area (Å²) >= 11 is 1.26. The van der Waals surface area contributed by atoms with Crippen molar-refractivity contribution in [3.05, 3.63) is 29.6 Å². The molecule has 0 unspecified atom stereocenters. The summed E-state index contributed by atoms with van der Waals surface area (Å²) in [5, 5.41) is 16.6. The van der Waals surface area contributed by atoms with Crippen molar-refractivity contribution in [3.8, 4) is 0 Å². The van der Waals surface area contributed by atoms with Gasteiger partial charge in [0.15, 0.2) is 11.0 Å². The van der Waals surface area contributed by atoms with E-state index in [-0.39, 0.29) is 0 Å². The zero-order valence-corrected chi connectivity index (χ0v) is 10.6. The van der Waals surface area contributed by atoms with Gasteiger partial charge >= 0.3 is 6.18 Å². The van der Waals surface area contributed by atoms with Gasteiger partial charge in [-0.05, 0) is 18.2 Å². The lowest BCUT2D eigenvalue weighted by molar-refractivity contribution is -0.137. The molecular formula is C10H7F3N6S. The van der Waals surface area contributed by atoms with Crippen LogP contribution in [-0.2, 0) is 12.7 Å².